The maximum atomic E-state index is 13.8. The maximum Gasteiger partial charge on any atom is 0.317 e. The fraction of sp³-hybridized carbons (Fsp3) is 0.333. The summed E-state index contributed by atoms with van der Waals surface area (Å²) in [6.45, 7) is 3.00. The Balaban J connectivity index is 1.44. The summed E-state index contributed by atoms with van der Waals surface area (Å²) < 4.78 is 13.8. The highest BCUT2D eigenvalue weighted by atomic mass is 19.1. The first-order valence-corrected chi connectivity index (χ1v) is 8.16. The van der Waals surface area contributed by atoms with Crippen molar-refractivity contribution in [3.8, 4) is 0 Å². The molecule has 6 heteroatoms. The molecule has 0 atom stereocenters. The highest BCUT2D eigenvalue weighted by Crippen LogP contribution is 2.20. The number of hydrogen-bond acceptors (Lipinski definition) is 3. The van der Waals surface area contributed by atoms with Crippen LogP contribution in [0.25, 0.3) is 0 Å². The van der Waals surface area contributed by atoms with E-state index in [1.165, 1.54) is 6.07 Å². The second kappa shape index (κ2) is 7.77. The summed E-state index contributed by atoms with van der Waals surface area (Å²) >= 11 is 0. The van der Waals surface area contributed by atoms with Gasteiger partial charge in [0.2, 0.25) is 0 Å². The Labute approximate surface area is 141 Å². The van der Waals surface area contributed by atoms with Crippen LogP contribution in [-0.4, -0.2) is 48.6 Å². The molecule has 1 aliphatic rings. The number of anilines is 1. The fourth-order valence-corrected chi connectivity index (χ4v) is 2.81. The molecule has 0 saturated carbocycles. The molecule has 0 aliphatic carbocycles. The van der Waals surface area contributed by atoms with Gasteiger partial charge in [-0.2, -0.15) is 0 Å². The lowest BCUT2D eigenvalue weighted by Crippen LogP contribution is -2.52. The van der Waals surface area contributed by atoms with Crippen LogP contribution < -0.4 is 10.2 Å². The molecule has 1 aliphatic heterocycles. The number of carbonyl (C=O) groups excluding carboxylic acids is 1. The summed E-state index contributed by atoms with van der Waals surface area (Å²) in [7, 11) is 0. The van der Waals surface area contributed by atoms with Crippen molar-refractivity contribution < 1.29 is 9.18 Å². The maximum absolute atomic E-state index is 13.8. The quantitative estimate of drug-likeness (QED) is 0.937. The molecule has 2 aromatic rings. The second-order valence-electron chi connectivity index (χ2n) is 5.73. The van der Waals surface area contributed by atoms with Gasteiger partial charge in [0.15, 0.2) is 0 Å². The van der Waals surface area contributed by atoms with Gasteiger partial charge >= 0.3 is 6.03 Å². The Morgan fingerprint density at radius 1 is 1.08 bits per heavy atom. The van der Waals surface area contributed by atoms with E-state index in [9.17, 15) is 9.18 Å². The summed E-state index contributed by atoms with van der Waals surface area (Å²) in [5.41, 5.74) is 1.56. The minimum atomic E-state index is -0.217. The smallest absolute Gasteiger partial charge is 0.317 e. The minimum absolute atomic E-state index is 0.0703. The van der Waals surface area contributed by atoms with E-state index in [1.54, 1.807) is 23.2 Å². The average Bonchev–Trinajstić information content (AvgIpc) is 2.63. The third kappa shape index (κ3) is 4.01. The summed E-state index contributed by atoms with van der Waals surface area (Å²) in [5, 5.41) is 2.92. The van der Waals surface area contributed by atoms with Crippen molar-refractivity contribution in [3.63, 3.8) is 0 Å². The molecule has 126 valence electrons. The lowest BCUT2D eigenvalue weighted by atomic mass is 10.2. The first-order chi connectivity index (χ1) is 11.7. The number of aromatic nitrogens is 1. The Morgan fingerprint density at radius 2 is 1.83 bits per heavy atom. The van der Waals surface area contributed by atoms with Gasteiger partial charge in [-0.1, -0.05) is 18.2 Å². The van der Waals surface area contributed by atoms with Gasteiger partial charge < -0.3 is 15.1 Å². The third-order valence-corrected chi connectivity index (χ3v) is 4.14. The van der Waals surface area contributed by atoms with Crippen LogP contribution in [0.3, 0.4) is 0 Å². The molecule has 1 fully saturated rings. The van der Waals surface area contributed by atoms with Crippen molar-refractivity contribution in [3.05, 3.63) is 60.2 Å². The van der Waals surface area contributed by atoms with Crippen LogP contribution in [-0.2, 0) is 6.42 Å². The van der Waals surface area contributed by atoms with Gasteiger partial charge in [-0.3, -0.25) is 4.98 Å². The summed E-state index contributed by atoms with van der Waals surface area (Å²) in [4.78, 5) is 20.2. The lowest BCUT2D eigenvalue weighted by molar-refractivity contribution is 0.194. The predicted octanol–water partition coefficient (Wildman–Crippen LogP) is 2.30. The topological polar surface area (TPSA) is 48.5 Å². The van der Waals surface area contributed by atoms with Crippen LogP contribution in [0.15, 0.2) is 48.7 Å². The number of carbonyl (C=O) groups is 1. The van der Waals surface area contributed by atoms with Crippen molar-refractivity contribution in [1.29, 1.82) is 0 Å². The fourth-order valence-electron chi connectivity index (χ4n) is 2.81. The van der Waals surface area contributed by atoms with E-state index in [2.05, 4.69) is 10.3 Å². The number of benzene rings is 1. The highest BCUT2D eigenvalue weighted by Gasteiger charge is 2.22. The molecule has 24 heavy (non-hydrogen) atoms. The van der Waals surface area contributed by atoms with Crippen molar-refractivity contribution in [2.45, 2.75) is 6.42 Å². The van der Waals surface area contributed by atoms with E-state index in [0.29, 0.717) is 44.8 Å². The number of nitrogens with zero attached hydrogens (tertiary/aromatic N) is 3. The number of pyridine rings is 1. The van der Waals surface area contributed by atoms with Crippen LogP contribution in [0.1, 0.15) is 5.69 Å². The molecule has 3 rings (SSSR count). The number of para-hydroxylation sites is 1. The zero-order chi connectivity index (χ0) is 16.8. The van der Waals surface area contributed by atoms with Gasteiger partial charge in [-0.15, -0.1) is 0 Å². The predicted molar refractivity (Wildman–Crippen MR) is 91.5 cm³/mol. The van der Waals surface area contributed by atoms with Gasteiger partial charge in [0.25, 0.3) is 0 Å². The standard InChI is InChI=1S/C18H21FN4O/c19-16-6-1-2-7-17(16)22-11-13-23(14-12-22)18(24)21-10-8-15-5-3-4-9-20-15/h1-7,9H,8,10-14H2,(H,21,24). The average molecular weight is 328 g/mol. The van der Waals surface area contributed by atoms with Crippen molar-refractivity contribution >= 4 is 11.7 Å². The number of halogens is 1. The molecule has 0 bridgehead atoms. The Kier molecular flexibility index (Phi) is 5.25. The molecular weight excluding hydrogens is 307 g/mol. The lowest BCUT2D eigenvalue weighted by Gasteiger charge is -2.36. The number of piperazine rings is 1. The van der Waals surface area contributed by atoms with Crippen molar-refractivity contribution in [1.82, 2.24) is 15.2 Å². The summed E-state index contributed by atoms with van der Waals surface area (Å²) in [5.74, 6) is -0.217. The number of urea groups is 1. The molecule has 5 nitrogen and oxygen atoms in total. The molecule has 0 spiro atoms. The Hall–Kier alpha value is -2.63. The van der Waals surface area contributed by atoms with Crippen molar-refractivity contribution in [2.24, 2.45) is 0 Å². The zero-order valence-electron chi connectivity index (χ0n) is 13.5. The van der Waals surface area contributed by atoms with E-state index in [4.69, 9.17) is 0 Å². The first kappa shape index (κ1) is 16.2. The van der Waals surface area contributed by atoms with Crippen molar-refractivity contribution in [2.75, 3.05) is 37.6 Å². The molecule has 0 unspecified atom stereocenters. The molecule has 1 aromatic heterocycles. The normalized spacial score (nSPS) is 14.5. The monoisotopic (exact) mass is 328 g/mol. The molecule has 1 N–H and O–H groups in total. The molecule has 1 aromatic carbocycles. The zero-order valence-corrected chi connectivity index (χ0v) is 13.5. The van der Waals surface area contributed by atoms with Gasteiger partial charge in [0.1, 0.15) is 5.82 Å². The van der Waals surface area contributed by atoms with Gasteiger partial charge in [-0.25, -0.2) is 9.18 Å². The van der Waals surface area contributed by atoms with Crippen LogP contribution in [0, 0.1) is 5.82 Å². The first-order valence-electron chi connectivity index (χ1n) is 8.16. The molecule has 1 saturated heterocycles. The number of hydrogen-bond donors (Lipinski definition) is 1. The van der Waals surface area contributed by atoms with E-state index in [-0.39, 0.29) is 11.8 Å². The van der Waals surface area contributed by atoms with Crippen LogP contribution in [0.5, 0.6) is 0 Å². The minimum Gasteiger partial charge on any atom is -0.366 e. The summed E-state index contributed by atoms with van der Waals surface area (Å²) in [6, 6.07) is 12.4. The summed E-state index contributed by atoms with van der Waals surface area (Å²) in [6.07, 6.45) is 2.46. The van der Waals surface area contributed by atoms with Crippen LogP contribution >= 0.6 is 0 Å². The second-order valence-corrected chi connectivity index (χ2v) is 5.73. The van der Waals surface area contributed by atoms with Crippen LogP contribution in [0.2, 0.25) is 0 Å². The molecule has 2 heterocycles. The van der Waals surface area contributed by atoms with Gasteiger partial charge in [-0.05, 0) is 24.3 Å². The van der Waals surface area contributed by atoms with Gasteiger partial charge in [0, 0.05) is 51.0 Å². The SMILES string of the molecule is O=C(NCCc1ccccn1)N1CCN(c2ccccc2F)CC1. The molecule has 0 radical (unpaired) electrons. The van der Waals surface area contributed by atoms with E-state index < -0.39 is 0 Å². The molecular formula is C18H21FN4O. The number of amides is 2. The molecule has 2 amide bonds. The third-order valence-electron chi connectivity index (χ3n) is 4.14. The number of rotatable bonds is 4. The van der Waals surface area contributed by atoms with Crippen LogP contribution in [0.4, 0.5) is 14.9 Å². The number of nitrogens with one attached hydrogen (secondary N) is 1. The van der Waals surface area contributed by atoms with E-state index in [0.717, 1.165) is 5.69 Å². The highest BCUT2D eigenvalue weighted by molar-refractivity contribution is 5.74. The Bertz CT molecular complexity index is 672. The Morgan fingerprint density at radius 3 is 2.54 bits per heavy atom. The van der Waals surface area contributed by atoms with E-state index >= 15 is 0 Å². The largest absolute Gasteiger partial charge is 0.366 e. The van der Waals surface area contributed by atoms with Gasteiger partial charge in [0.05, 0.1) is 5.69 Å². The van der Waals surface area contributed by atoms with E-state index in [1.807, 2.05) is 29.2 Å².